The van der Waals surface area contributed by atoms with Crippen molar-refractivity contribution in [2.75, 3.05) is 5.32 Å². The number of hydrogen-bond donors (Lipinski definition) is 2. The number of pyridine rings is 2. The number of benzene rings is 2. The van der Waals surface area contributed by atoms with Gasteiger partial charge in [-0.05, 0) is 36.4 Å². The molecular weight excluding hydrogens is 365 g/mol. The Labute approximate surface area is 160 Å². The molecule has 134 valence electrons. The Bertz CT molecular complexity index is 1110. The molecule has 0 unspecified atom stereocenters. The van der Waals surface area contributed by atoms with Crippen LogP contribution in [0.5, 0.6) is 5.75 Å². The maximum Gasteiger partial charge on any atom is 0.147 e. The summed E-state index contributed by atoms with van der Waals surface area (Å²) in [5.41, 5.74) is 1.15. The lowest BCUT2D eigenvalue weighted by Crippen LogP contribution is -2.15. The Morgan fingerprint density at radius 3 is 2.48 bits per heavy atom. The lowest BCUT2D eigenvalue weighted by Gasteiger charge is -2.22. The first-order chi connectivity index (χ1) is 13.1. The van der Waals surface area contributed by atoms with Crippen LogP contribution in [0.1, 0.15) is 17.2 Å². The first-order valence-electron chi connectivity index (χ1n) is 8.33. The van der Waals surface area contributed by atoms with Crippen LogP contribution in [0, 0.1) is 5.82 Å². The van der Waals surface area contributed by atoms with Crippen molar-refractivity contribution >= 4 is 28.3 Å². The minimum absolute atomic E-state index is 0.0494. The van der Waals surface area contributed by atoms with Crippen molar-refractivity contribution in [3.8, 4) is 5.75 Å². The fourth-order valence-electron chi connectivity index (χ4n) is 3.05. The average Bonchev–Trinajstić information content (AvgIpc) is 2.71. The SMILES string of the molecule is Oc1c([C@@H](Nc2ccccn2)c2ccccc2F)cc(Cl)c2cccnc12. The number of aromatic nitrogens is 2. The third-order valence-electron chi connectivity index (χ3n) is 4.33. The first-order valence-corrected chi connectivity index (χ1v) is 8.71. The van der Waals surface area contributed by atoms with E-state index < -0.39 is 11.9 Å². The molecule has 6 heteroatoms. The van der Waals surface area contributed by atoms with Gasteiger partial charge in [-0.25, -0.2) is 9.37 Å². The normalized spacial score (nSPS) is 12.1. The Balaban J connectivity index is 1.92. The van der Waals surface area contributed by atoms with E-state index in [1.54, 1.807) is 60.9 Å². The second-order valence-corrected chi connectivity index (χ2v) is 6.42. The Morgan fingerprint density at radius 2 is 1.70 bits per heavy atom. The second kappa shape index (κ2) is 7.21. The average molecular weight is 380 g/mol. The van der Waals surface area contributed by atoms with Gasteiger partial charge < -0.3 is 10.4 Å². The minimum Gasteiger partial charge on any atom is -0.505 e. The summed E-state index contributed by atoms with van der Waals surface area (Å²) in [5.74, 6) is 0.0941. The molecular formula is C21H15ClFN3O. The van der Waals surface area contributed by atoms with Gasteiger partial charge in [-0.1, -0.05) is 35.9 Å². The van der Waals surface area contributed by atoms with Gasteiger partial charge in [0.15, 0.2) is 0 Å². The number of phenolic OH excluding ortho intramolecular Hbond substituents is 1. The third-order valence-corrected chi connectivity index (χ3v) is 4.64. The molecule has 0 saturated heterocycles. The fraction of sp³-hybridized carbons (Fsp3) is 0.0476. The van der Waals surface area contributed by atoms with Crippen LogP contribution >= 0.6 is 11.6 Å². The van der Waals surface area contributed by atoms with Gasteiger partial charge in [0.2, 0.25) is 0 Å². The Morgan fingerprint density at radius 1 is 0.926 bits per heavy atom. The van der Waals surface area contributed by atoms with E-state index in [1.165, 1.54) is 6.07 Å². The van der Waals surface area contributed by atoms with E-state index in [9.17, 15) is 9.50 Å². The van der Waals surface area contributed by atoms with Crippen molar-refractivity contribution in [3.05, 3.63) is 95.0 Å². The molecule has 0 amide bonds. The summed E-state index contributed by atoms with van der Waals surface area (Å²) in [6.07, 6.45) is 3.21. The van der Waals surface area contributed by atoms with Gasteiger partial charge in [-0.15, -0.1) is 0 Å². The van der Waals surface area contributed by atoms with Crippen LogP contribution < -0.4 is 5.32 Å². The van der Waals surface area contributed by atoms with Crippen molar-refractivity contribution in [1.29, 1.82) is 0 Å². The largest absolute Gasteiger partial charge is 0.505 e. The van der Waals surface area contributed by atoms with Crippen LogP contribution in [0.4, 0.5) is 10.2 Å². The maximum atomic E-state index is 14.6. The number of nitrogens with one attached hydrogen (secondary N) is 1. The first kappa shape index (κ1) is 17.2. The van der Waals surface area contributed by atoms with Gasteiger partial charge in [-0.3, -0.25) is 4.98 Å². The predicted molar refractivity (Wildman–Crippen MR) is 105 cm³/mol. The summed E-state index contributed by atoms with van der Waals surface area (Å²) in [5, 5.41) is 15.1. The molecule has 27 heavy (non-hydrogen) atoms. The maximum absolute atomic E-state index is 14.6. The van der Waals surface area contributed by atoms with E-state index in [1.807, 2.05) is 6.07 Å². The molecule has 2 aromatic carbocycles. The van der Waals surface area contributed by atoms with Crippen LogP contribution in [-0.4, -0.2) is 15.1 Å². The van der Waals surface area contributed by atoms with Gasteiger partial charge in [-0.2, -0.15) is 0 Å². The van der Waals surface area contributed by atoms with E-state index >= 15 is 0 Å². The van der Waals surface area contributed by atoms with Crippen LogP contribution in [0.25, 0.3) is 10.9 Å². The third kappa shape index (κ3) is 3.29. The molecule has 4 nitrogen and oxygen atoms in total. The fourth-order valence-corrected chi connectivity index (χ4v) is 3.32. The van der Waals surface area contributed by atoms with Crippen LogP contribution in [0.3, 0.4) is 0 Å². The molecule has 0 saturated carbocycles. The number of rotatable bonds is 4. The Hall–Kier alpha value is -3.18. The molecule has 0 fully saturated rings. The standard InChI is InChI=1S/C21H15ClFN3O/c22-16-12-15(21(27)20-13(16)7-5-11-25-20)19(14-6-1-2-8-17(14)23)26-18-9-3-4-10-24-18/h1-12,19,27H,(H,24,26)/t19-/m0/s1. The summed E-state index contributed by atoms with van der Waals surface area (Å²) < 4.78 is 14.6. The van der Waals surface area contributed by atoms with Gasteiger partial charge in [0, 0.05) is 28.9 Å². The lowest BCUT2D eigenvalue weighted by molar-refractivity contribution is 0.471. The molecule has 4 aromatic rings. The van der Waals surface area contributed by atoms with Gasteiger partial charge >= 0.3 is 0 Å². The van der Waals surface area contributed by atoms with E-state index in [-0.39, 0.29) is 5.75 Å². The lowest BCUT2D eigenvalue weighted by atomic mass is 9.95. The molecule has 0 radical (unpaired) electrons. The summed E-state index contributed by atoms with van der Waals surface area (Å²) in [6.45, 7) is 0. The van der Waals surface area contributed by atoms with E-state index in [0.717, 1.165) is 0 Å². The topological polar surface area (TPSA) is 58.0 Å². The molecule has 0 aliphatic heterocycles. The second-order valence-electron chi connectivity index (χ2n) is 6.01. The highest BCUT2D eigenvalue weighted by Crippen LogP contribution is 2.40. The summed E-state index contributed by atoms with van der Waals surface area (Å²) in [7, 11) is 0. The number of phenols is 1. The zero-order valence-corrected chi connectivity index (χ0v) is 14.9. The summed E-state index contributed by atoms with van der Waals surface area (Å²) in [6, 6.07) is 16.2. The van der Waals surface area contributed by atoms with E-state index in [0.29, 0.717) is 32.9 Å². The van der Waals surface area contributed by atoms with Crippen molar-refractivity contribution < 1.29 is 9.50 Å². The van der Waals surface area contributed by atoms with Crippen molar-refractivity contribution in [1.82, 2.24) is 9.97 Å². The van der Waals surface area contributed by atoms with Crippen molar-refractivity contribution in [2.24, 2.45) is 0 Å². The number of halogens is 2. The molecule has 2 heterocycles. The number of aromatic hydroxyl groups is 1. The van der Waals surface area contributed by atoms with Crippen molar-refractivity contribution in [2.45, 2.75) is 6.04 Å². The quantitative estimate of drug-likeness (QED) is 0.503. The zero-order chi connectivity index (χ0) is 18.8. The highest BCUT2D eigenvalue weighted by atomic mass is 35.5. The van der Waals surface area contributed by atoms with E-state index in [2.05, 4.69) is 15.3 Å². The van der Waals surface area contributed by atoms with Crippen LogP contribution in [0.15, 0.2) is 73.1 Å². The zero-order valence-electron chi connectivity index (χ0n) is 14.1. The number of anilines is 1. The highest BCUT2D eigenvalue weighted by molar-refractivity contribution is 6.35. The molecule has 4 rings (SSSR count). The molecule has 0 aliphatic carbocycles. The van der Waals surface area contributed by atoms with Gasteiger partial charge in [0.1, 0.15) is 22.9 Å². The summed E-state index contributed by atoms with van der Waals surface area (Å²) >= 11 is 6.42. The van der Waals surface area contributed by atoms with E-state index in [4.69, 9.17) is 11.6 Å². The number of hydrogen-bond acceptors (Lipinski definition) is 4. The number of fused-ring (bicyclic) bond motifs is 1. The molecule has 2 aromatic heterocycles. The minimum atomic E-state index is -0.704. The summed E-state index contributed by atoms with van der Waals surface area (Å²) in [4.78, 5) is 8.49. The smallest absolute Gasteiger partial charge is 0.147 e. The highest BCUT2D eigenvalue weighted by Gasteiger charge is 2.24. The van der Waals surface area contributed by atoms with Crippen LogP contribution in [-0.2, 0) is 0 Å². The predicted octanol–water partition coefficient (Wildman–Crippen LogP) is 5.33. The van der Waals surface area contributed by atoms with Crippen molar-refractivity contribution in [3.63, 3.8) is 0 Å². The molecule has 1 atom stereocenters. The van der Waals surface area contributed by atoms with Gasteiger partial charge in [0.25, 0.3) is 0 Å². The van der Waals surface area contributed by atoms with Crippen LogP contribution in [0.2, 0.25) is 5.02 Å². The molecule has 0 spiro atoms. The number of nitrogens with zero attached hydrogens (tertiary/aromatic N) is 2. The monoisotopic (exact) mass is 379 g/mol. The molecule has 0 aliphatic rings. The Kier molecular flexibility index (Phi) is 4.60. The molecule has 0 bridgehead atoms. The van der Waals surface area contributed by atoms with Gasteiger partial charge in [0.05, 0.1) is 11.1 Å². The molecule has 2 N–H and O–H groups in total.